The fraction of sp³-hybridized carbons (Fsp3) is 0.929. The van der Waals surface area contributed by atoms with Crippen LogP contribution in [-0.4, -0.2) is 31.8 Å². The van der Waals surface area contributed by atoms with E-state index in [0.717, 1.165) is 25.7 Å². The second-order valence-electron chi connectivity index (χ2n) is 4.91. The Hall–Kier alpha value is -0.610. The van der Waals surface area contributed by atoms with E-state index in [-0.39, 0.29) is 12.1 Å². The maximum atomic E-state index is 11.5. The molecule has 0 heterocycles. The third-order valence-corrected chi connectivity index (χ3v) is 2.83. The van der Waals surface area contributed by atoms with Crippen LogP contribution in [0.1, 0.15) is 52.9 Å². The summed E-state index contributed by atoms with van der Waals surface area (Å²) in [6.07, 6.45) is 4.84. The minimum atomic E-state index is -0.125. The Morgan fingerprint density at radius 2 is 1.89 bits per heavy atom. The molecular formula is C14H29NO3. The number of nitrogens with two attached hydrogens (primary N) is 1. The molecule has 0 spiro atoms. The molecule has 0 radical (unpaired) electrons. The van der Waals surface area contributed by atoms with Crippen molar-refractivity contribution in [1.29, 1.82) is 0 Å². The first-order chi connectivity index (χ1) is 8.60. The molecule has 18 heavy (non-hydrogen) atoms. The summed E-state index contributed by atoms with van der Waals surface area (Å²) in [5.41, 5.74) is 5.56. The summed E-state index contributed by atoms with van der Waals surface area (Å²) in [4.78, 5) is 11.5. The normalized spacial score (nSPS) is 12.7. The first-order valence-electron chi connectivity index (χ1n) is 7.07. The monoisotopic (exact) mass is 259 g/mol. The fourth-order valence-electron chi connectivity index (χ4n) is 1.91. The Kier molecular flexibility index (Phi) is 11.1. The van der Waals surface area contributed by atoms with Crippen LogP contribution in [0.4, 0.5) is 0 Å². The van der Waals surface area contributed by atoms with Crippen LogP contribution in [0.15, 0.2) is 0 Å². The highest BCUT2D eigenvalue weighted by Crippen LogP contribution is 2.17. The number of esters is 1. The van der Waals surface area contributed by atoms with Crippen molar-refractivity contribution in [2.75, 3.05) is 19.8 Å². The second kappa shape index (κ2) is 11.5. The summed E-state index contributed by atoms with van der Waals surface area (Å²) in [6, 6.07) is 0. The zero-order valence-electron chi connectivity index (χ0n) is 12.1. The van der Waals surface area contributed by atoms with E-state index in [2.05, 4.69) is 6.92 Å². The van der Waals surface area contributed by atoms with E-state index in [1.165, 1.54) is 0 Å². The Morgan fingerprint density at radius 1 is 1.17 bits per heavy atom. The van der Waals surface area contributed by atoms with E-state index in [4.69, 9.17) is 15.2 Å². The quantitative estimate of drug-likeness (QED) is 0.457. The van der Waals surface area contributed by atoms with Crippen molar-refractivity contribution in [3.8, 4) is 0 Å². The second-order valence-corrected chi connectivity index (χ2v) is 4.91. The third kappa shape index (κ3) is 10.5. The summed E-state index contributed by atoms with van der Waals surface area (Å²) >= 11 is 0. The van der Waals surface area contributed by atoms with Gasteiger partial charge >= 0.3 is 5.97 Å². The smallest absolute Gasteiger partial charge is 0.305 e. The number of carbonyl (C=O) groups is 1. The molecule has 0 bridgehead atoms. The van der Waals surface area contributed by atoms with Gasteiger partial charge in [-0.3, -0.25) is 4.79 Å². The van der Waals surface area contributed by atoms with Crippen LogP contribution < -0.4 is 5.73 Å². The maximum Gasteiger partial charge on any atom is 0.305 e. The van der Waals surface area contributed by atoms with Gasteiger partial charge in [0, 0.05) is 6.42 Å². The van der Waals surface area contributed by atoms with E-state index in [1.54, 1.807) is 0 Å². The van der Waals surface area contributed by atoms with Crippen LogP contribution in [0.25, 0.3) is 0 Å². The summed E-state index contributed by atoms with van der Waals surface area (Å²) in [6.45, 7) is 7.61. The van der Waals surface area contributed by atoms with Gasteiger partial charge in [0.2, 0.25) is 0 Å². The van der Waals surface area contributed by atoms with E-state index in [1.807, 2.05) is 13.8 Å². The Balaban J connectivity index is 3.60. The molecule has 0 saturated heterocycles. The van der Waals surface area contributed by atoms with Gasteiger partial charge in [0.1, 0.15) is 6.61 Å². The molecule has 1 atom stereocenters. The number of ether oxygens (including phenoxy) is 2. The van der Waals surface area contributed by atoms with Crippen molar-refractivity contribution in [3.63, 3.8) is 0 Å². The first kappa shape index (κ1) is 17.4. The molecule has 0 aromatic rings. The molecule has 0 fully saturated rings. The lowest BCUT2D eigenvalue weighted by Gasteiger charge is -2.14. The van der Waals surface area contributed by atoms with Crippen molar-refractivity contribution >= 4 is 5.97 Å². The highest BCUT2D eigenvalue weighted by atomic mass is 16.6. The van der Waals surface area contributed by atoms with Crippen LogP contribution in [0.5, 0.6) is 0 Å². The van der Waals surface area contributed by atoms with Crippen LogP contribution in [-0.2, 0) is 14.3 Å². The summed E-state index contributed by atoms with van der Waals surface area (Å²) in [7, 11) is 0. The minimum Gasteiger partial charge on any atom is -0.463 e. The van der Waals surface area contributed by atoms with Gasteiger partial charge < -0.3 is 15.2 Å². The van der Waals surface area contributed by atoms with Crippen molar-refractivity contribution in [1.82, 2.24) is 0 Å². The molecule has 0 amide bonds. The van der Waals surface area contributed by atoms with Gasteiger partial charge in [0.05, 0.1) is 12.7 Å². The first-order valence-corrected chi connectivity index (χ1v) is 7.07. The molecule has 0 rings (SSSR count). The molecule has 0 aliphatic heterocycles. The van der Waals surface area contributed by atoms with Crippen molar-refractivity contribution in [2.24, 2.45) is 11.7 Å². The van der Waals surface area contributed by atoms with Gasteiger partial charge in [-0.15, -0.1) is 0 Å². The van der Waals surface area contributed by atoms with Gasteiger partial charge in [-0.1, -0.05) is 19.8 Å². The van der Waals surface area contributed by atoms with E-state index in [0.29, 0.717) is 32.1 Å². The number of hydrogen-bond acceptors (Lipinski definition) is 4. The maximum absolute atomic E-state index is 11.5. The number of rotatable bonds is 11. The predicted octanol–water partition coefficient (Wildman–Crippen LogP) is 2.50. The molecule has 108 valence electrons. The van der Waals surface area contributed by atoms with Crippen LogP contribution in [0.2, 0.25) is 0 Å². The zero-order valence-corrected chi connectivity index (χ0v) is 12.1. The van der Waals surface area contributed by atoms with Crippen LogP contribution in [0, 0.1) is 5.92 Å². The third-order valence-electron chi connectivity index (χ3n) is 2.83. The van der Waals surface area contributed by atoms with Gasteiger partial charge in [0.25, 0.3) is 0 Å². The summed E-state index contributed by atoms with van der Waals surface area (Å²) in [5.74, 6) is 0.431. The van der Waals surface area contributed by atoms with Crippen molar-refractivity contribution in [3.05, 3.63) is 0 Å². The lowest BCUT2D eigenvalue weighted by molar-refractivity contribution is -0.146. The lowest BCUT2D eigenvalue weighted by Crippen LogP contribution is -2.15. The predicted molar refractivity (Wildman–Crippen MR) is 73.4 cm³/mol. The zero-order chi connectivity index (χ0) is 13.8. The van der Waals surface area contributed by atoms with E-state index >= 15 is 0 Å². The highest BCUT2D eigenvalue weighted by molar-refractivity contribution is 5.69. The summed E-state index contributed by atoms with van der Waals surface area (Å²) in [5, 5.41) is 0. The topological polar surface area (TPSA) is 61.6 Å². The molecule has 0 aromatic heterocycles. The van der Waals surface area contributed by atoms with Gasteiger partial charge in [-0.05, 0) is 39.2 Å². The van der Waals surface area contributed by atoms with Crippen LogP contribution in [0.3, 0.4) is 0 Å². The molecule has 0 aliphatic rings. The molecule has 4 heteroatoms. The van der Waals surface area contributed by atoms with E-state index < -0.39 is 0 Å². The van der Waals surface area contributed by atoms with Gasteiger partial charge in [-0.2, -0.15) is 0 Å². The minimum absolute atomic E-state index is 0.125. The Labute approximate surface area is 111 Å². The molecular weight excluding hydrogens is 230 g/mol. The largest absolute Gasteiger partial charge is 0.463 e. The molecule has 0 saturated carbocycles. The average Bonchev–Trinajstić information content (AvgIpc) is 2.32. The number of carbonyl (C=O) groups excluding carboxylic acids is 1. The van der Waals surface area contributed by atoms with Crippen molar-refractivity contribution in [2.45, 2.75) is 59.0 Å². The molecule has 2 N–H and O–H groups in total. The lowest BCUT2D eigenvalue weighted by atomic mass is 9.95. The molecule has 0 aliphatic carbocycles. The average molecular weight is 259 g/mol. The SMILES string of the molecule is CCCC(CCN)CCC(=O)OCCOC(C)C. The fourth-order valence-corrected chi connectivity index (χ4v) is 1.91. The van der Waals surface area contributed by atoms with Crippen LogP contribution >= 0.6 is 0 Å². The Morgan fingerprint density at radius 3 is 2.44 bits per heavy atom. The van der Waals surface area contributed by atoms with Gasteiger partial charge in [0.15, 0.2) is 0 Å². The standard InChI is InChI=1S/C14H29NO3/c1-4-5-13(8-9-15)6-7-14(16)18-11-10-17-12(2)3/h12-13H,4-11,15H2,1-3H3. The highest BCUT2D eigenvalue weighted by Gasteiger charge is 2.10. The van der Waals surface area contributed by atoms with Crippen molar-refractivity contribution < 1.29 is 14.3 Å². The Bertz CT molecular complexity index is 201. The molecule has 1 unspecified atom stereocenters. The molecule has 4 nitrogen and oxygen atoms in total. The summed E-state index contributed by atoms with van der Waals surface area (Å²) < 4.78 is 10.4. The van der Waals surface area contributed by atoms with Gasteiger partial charge in [-0.25, -0.2) is 0 Å². The number of hydrogen-bond donors (Lipinski definition) is 1. The van der Waals surface area contributed by atoms with E-state index in [9.17, 15) is 4.79 Å². The molecule has 0 aromatic carbocycles.